The molecule has 0 saturated carbocycles. The van der Waals surface area contributed by atoms with Gasteiger partial charge in [-0.1, -0.05) is 17.7 Å². The van der Waals surface area contributed by atoms with Gasteiger partial charge in [0.2, 0.25) is 6.29 Å². The fourth-order valence-corrected chi connectivity index (χ4v) is 1.60. The number of carbonyl (C=O) groups is 2. The van der Waals surface area contributed by atoms with Gasteiger partial charge >= 0.3 is 0 Å². The van der Waals surface area contributed by atoms with E-state index in [1.54, 1.807) is 6.07 Å². The molecular weight excluding hydrogens is 202 g/mol. The largest absolute Gasteiger partial charge is 0.318 e. The molecule has 0 radical (unpaired) electrons. The second kappa shape index (κ2) is 4.24. The summed E-state index contributed by atoms with van der Waals surface area (Å²) < 4.78 is 0. The molecule has 74 valence electrons. The number of halogens is 1. The van der Waals surface area contributed by atoms with E-state index >= 15 is 0 Å². The van der Waals surface area contributed by atoms with Gasteiger partial charge in [0.1, 0.15) is 0 Å². The van der Waals surface area contributed by atoms with Gasteiger partial charge < -0.3 is 5.32 Å². The number of aryl methyl sites for hydroxylation is 2. The zero-order chi connectivity index (χ0) is 10.7. The van der Waals surface area contributed by atoms with Crippen molar-refractivity contribution in [2.45, 2.75) is 13.8 Å². The van der Waals surface area contributed by atoms with E-state index in [0.29, 0.717) is 10.7 Å². The molecule has 1 amide bonds. The maximum atomic E-state index is 10.8. The number of anilines is 1. The Morgan fingerprint density at radius 2 is 2.07 bits per heavy atom. The lowest BCUT2D eigenvalue weighted by atomic mass is 10.1. The molecule has 0 aliphatic carbocycles. The number of rotatable bonds is 2. The third-order valence-electron chi connectivity index (χ3n) is 1.79. The molecule has 0 aromatic heterocycles. The van der Waals surface area contributed by atoms with Crippen molar-refractivity contribution in [3.05, 3.63) is 28.3 Å². The van der Waals surface area contributed by atoms with E-state index < -0.39 is 5.91 Å². The smallest absolute Gasteiger partial charge is 0.288 e. The van der Waals surface area contributed by atoms with Crippen molar-refractivity contribution in [2.75, 3.05) is 5.32 Å². The summed E-state index contributed by atoms with van der Waals surface area (Å²) in [6, 6.07) is 3.61. The summed E-state index contributed by atoms with van der Waals surface area (Å²) in [5.74, 6) is -0.696. The Morgan fingerprint density at radius 3 is 2.57 bits per heavy atom. The molecule has 0 heterocycles. The standard InChI is InChI=1S/C10H10ClNO2/c1-6-3-7(2)10(8(11)4-6)12-9(14)5-13/h3-5H,1-2H3,(H,12,14). The first kappa shape index (κ1) is 10.7. The van der Waals surface area contributed by atoms with Gasteiger partial charge in [0, 0.05) is 0 Å². The van der Waals surface area contributed by atoms with Gasteiger partial charge in [0.15, 0.2) is 0 Å². The summed E-state index contributed by atoms with van der Waals surface area (Å²) in [4.78, 5) is 21.0. The average molecular weight is 212 g/mol. The van der Waals surface area contributed by atoms with Gasteiger partial charge in [-0.05, 0) is 31.0 Å². The van der Waals surface area contributed by atoms with E-state index in [0.717, 1.165) is 11.1 Å². The van der Waals surface area contributed by atoms with E-state index in [9.17, 15) is 9.59 Å². The monoisotopic (exact) mass is 211 g/mol. The van der Waals surface area contributed by atoms with Gasteiger partial charge in [-0.2, -0.15) is 0 Å². The Bertz CT molecular complexity index is 365. The average Bonchev–Trinajstić information content (AvgIpc) is 2.10. The molecule has 0 atom stereocenters. The van der Waals surface area contributed by atoms with Gasteiger partial charge in [0.25, 0.3) is 5.91 Å². The van der Waals surface area contributed by atoms with Crippen LogP contribution in [-0.4, -0.2) is 12.2 Å². The van der Waals surface area contributed by atoms with Gasteiger partial charge in [-0.3, -0.25) is 9.59 Å². The van der Waals surface area contributed by atoms with Crippen molar-refractivity contribution in [3.8, 4) is 0 Å². The molecule has 0 fully saturated rings. The highest BCUT2D eigenvalue weighted by Crippen LogP contribution is 2.26. The Kier molecular flexibility index (Phi) is 3.25. The molecule has 0 spiro atoms. The normalized spacial score (nSPS) is 9.64. The molecule has 0 saturated heterocycles. The third-order valence-corrected chi connectivity index (χ3v) is 2.09. The quantitative estimate of drug-likeness (QED) is 0.602. The number of carbonyl (C=O) groups excluding carboxylic acids is 2. The highest BCUT2D eigenvalue weighted by molar-refractivity contribution is 6.36. The van der Waals surface area contributed by atoms with Crippen molar-refractivity contribution in [1.82, 2.24) is 0 Å². The summed E-state index contributed by atoms with van der Waals surface area (Å²) in [7, 11) is 0. The molecule has 1 aromatic carbocycles. The molecule has 0 bridgehead atoms. The lowest BCUT2D eigenvalue weighted by Crippen LogP contribution is -2.13. The molecule has 4 heteroatoms. The van der Waals surface area contributed by atoms with Crippen LogP contribution in [0.25, 0.3) is 0 Å². The van der Waals surface area contributed by atoms with Crippen LogP contribution in [0.15, 0.2) is 12.1 Å². The zero-order valence-electron chi connectivity index (χ0n) is 7.93. The van der Waals surface area contributed by atoms with Crippen molar-refractivity contribution in [1.29, 1.82) is 0 Å². The van der Waals surface area contributed by atoms with Crippen molar-refractivity contribution >= 4 is 29.5 Å². The maximum Gasteiger partial charge on any atom is 0.288 e. The van der Waals surface area contributed by atoms with Crippen molar-refractivity contribution < 1.29 is 9.59 Å². The molecule has 14 heavy (non-hydrogen) atoms. The fraction of sp³-hybridized carbons (Fsp3) is 0.200. The second-order valence-electron chi connectivity index (χ2n) is 3.05. The van der Waals surface area contributed by atoms with Gasteiger partial charge in [-0.25, -0.2) is 0 Å². The van der Waals surface area contributed by atoms with Crippen molar-refractivity contribution in [2.24, 2.45) is 0 Å². The molecule has 0 aliphatic rings. The maximum absolute atomic E-state index is 10.8. The summed E-state index contributed by atoms with van der Waals surface area (Å²) in [6.45, 7) is 3.73. The van der Waals surface area contributed by atoms with E-state index in [-0.39, 0.29) is 6.29 Å². The summed E-state index contributed by atoms with van der Waals surface area (Å²) >= 11 is 5.91. The predicted octanol–water partition coefficient (Wildman–Crippen LogP) is 2.09. The first-order valence-electron chi connectivity index (χ1n) is 4.07. The number of benzene rings is 1. The molecule has 0 unspecified atom stereocenters. The Hall–Kier alpha value is -1.35. The van der Waals surface area contributed by atoms with E-state index in [1.165, 1.54) is 0 Å². The van der Waals surface area contributed by atoms with Crippen LogP contribution in [0.3, 0.4) is 0 Å². The molecule has 1 rings (SSSR count). The fourth-order valence-electron chi connectivity index (χ4n) is 1.23. The van der Waals surface area contributed by atoms with Crippen LogP contribution in [0.1, 0.15) is 11.1 Å². The summed E-state index contributed by atoms with van der Waals surface area (Å²) in [5, 5.41) is 2.86. The summed E-state index contributed by atoms with van der Waals surface area (Å²) in [6.07, 6.45) is 0.218. The second-order valence-corrected chi connectivity index (χ2v) is 3.45. The Balaban J connectivity index is 3.08. The van der Waals surface area contributed by atoms with Crippen molar-refractivity contribution in [3.63, 3.8) is 0 Å². The summed E-state index contributed by atoms with van der Waals surface area (Å²) in [5.41, 5.74) is 2.34. The highest BCUT2D eigenvalue weighted by Gasteiger charge is 2.07. The first-order chi connectivity index (χ1) is 6.54. The molecule has 1 aromatic rings. The highest BCUT2D eigenvalue weighted by atomic mass is 35.5. The number of aldehydes is 1. The number of hydrogen-bond donors (Lipinski definition) is 1. The van der Waals surface area contributed by atoms with E-state index in [4.69, 9.17) is 11.6 Å². The Labute approximate surface area is 87.1 Å². The topological polar surface area (TPSA) is 46.2 Å². The minimum absolute atomic E-state index is 0.218. The molecule has 3 nitrogen and oxygen atoms in total. The predicted molar refractivity (Wildman–Crippen MR) is 55.6 cm³/mol. The molecule has 0 aliphatic heterocycles. The van der Waals surface area contributed by atoms with Crippen LogP contribution < -0.4 is 5.32 Å². The SMILES string of the molecule is Cc1cc(C)c(NC(=O)C=O)c(Cl)c1. The number of amides is 1. The van der Waals surface area contributed by atoms with Crippen LogP contribution in [0.2, 0.25) is 5.02 Å². The Morgan fingerprint density at radius 1 is 1.43 bits per heavy atom. The van der Waals surface area contributed by atoms with Crippen LogP contribution in [0.5, 0.6) is 0 Å². The van der Waals surface area contributed by atoms with Crippen LogP contribution in [0, 0.1) is 13.8 Å². The first-order valence-corrected chi connectivity index (χ1v) is 4.45. The lowest BCUT2D eigenvalue weighted by molar-refractivity contribution is -0.127. The third kappa shape index (κ3) is 2.33. The van der Waals surface area contributed by atoms with Gasteiger partial charge in [-0.15, -0.1) is 0 Å². The number of nitrogens with one attached hydrogen (secondary N) is 1. The van der Waals surface area contributed by atoms with Gasteiger partial charge in [0.05, 0.1) is 10.7 Å². The van der Waals surface area contributed by atoms with Crippen LogP contribution in [0.4, 0.5) is 5.69 Å². The van der Waals surface area contributed by atoms with Crippen LogP contribution >= 0.6 is 11.6 Å². The van der Waals surface area contributed by atoms with E-state index in [2.05, 4.69) is 5.32 Å². The number of hydrogen-bond acceptors (Lipinski definition) is 2. The van der Waals surface area contributed by atoms with Crippen LogP contribution in [-0.2, 0) is 9.59 Å². The zero-order valence-corrected chi connectivity index (χ0v) is 8.68. The lowest BCUT2D eigenvalue weighted by Gasteiger charge is -2.08. The van der Waals surface area contributed by atoms with E-state index in [1.807, 2.05) is 19.9 Å². The minimum Gasteiger partial charge on any atom is -0.318 e. The molecule has 1 N–H and O–H groups in total. The molecular formula is C10H10ClNO2. The minimum atomic E-state index is -0.696.